The van der Waals surface area contributed by atoms with E-state index < -0.39 is 5.60 Å². The average Bonchev–Trinajstić information content (AvgIpc) is 2.45. The maximum Gasteiger partial charge on any atom is 0.407 e. The van der Waals surface area contributed by atoms with Crippen molar-refractivity contribution in [2.45, 2.75) is 77.4 Å². The van der Waals surface area contributed by atoms with Crippen molar-refractivity contribution < 1.29 is 9.53 Å². The molecule has 0 aromatic heterocycles. The van der Waals surface area contributed by atoms with Gasteiger partial charge in [-0.05, 0) is 64.8 Å². The number of nitrogens with one attached hydrogen (secondary N) is 2. The van der Waals surface area contributed by atoms with Gasteiger partial charge >= 0.3 is 6.09 Å². The Morgan fingerprint density at radius 3 is 2.52 bits per heavy atom. The largest absolute Gasteiger partial charge is 0.444 e. The summed E-state index contributed by atoms with van der Waals surface area (Å²) >= 11 is 0. The molecule has 2 rings (SSSR count). The quantitative estimate of drug-likeness (QED) is 0.838. The molecule has 0 spiro atoms. The lowest BCUT2D eigenvalue weighted by Crippen LogP contribution is -2.50. The Morgan fingerprint density at radius 2 is 1.86 bits per heavy atom. The lowest BCUT2D eigenvalue weighted by atomic mass is 9.76. The first-order valence-electron chi connectivity index (χ1n) is 8.66. The van der Waals surface area contributed by atoms with E-state index in [-0.39, 0.29) is 6.09 Å². The van der Waals surface area contributed by atoms with Gasteiger partial charge in [0.2, 0.25) is 0 Å². The van der Waals surface area contributed by atoms with Crippen LogP contribution in [0.2, 0.25) is 0 Å². The van der Waals surface area contributed by atoms with Gasteiger partial charge in [-0.3, -0.25) is 0 Å². The van der Waals surface area contributed by atoms with Gasteiger partial charge in [0, 0.05) is 12.6 Å². The van der Waals surface area contributed by atoms with Gasteiger partial charge < -0.3 is 15.4 Å². The molecular weight excluding hydrogens is 264 g/mol. The molecule has 1 saturated carbocycles. The second kappa shape index (κ2) is 7.48. The Morgan fingerprint density at radius 1 is 1.14 bits per heavy atom. The van der Waals surface area contributed by atoms with Crippen molar-refractivity contribution >= 4 is 6.09 Å². The Hall–Kier alpha value is -0.770. The highest BCUT2D eigenvalue weighted by atomic mass is 16.6. The zero-order chi connectivity index (χ0) is 15.3. The molecular formula is C17H32N2O2. The number of carbonyl (C=O) groups is 1. The van der Waals surface area contributed by atoms with Crippen molar-refractivity contribution in [1.82, 2.24) is 10.6 Å². The molecule has 0 bridgehead atoms. The standard InChI is InChI=1S/C17H32N2O2/c1-17(2,3)21-16(20)19-12-14-10-7-11-18-15(14)13-8-5-4-6-9-13/h13-15,18H,4-12H2,1-3H3,(H,19,20). The van der Waals surface area contributed by atoms with E-state index in [1.54, 1.807) is 0 Å². The van der Waals surface area contributed by atoms with E-state index in [0.717, 1.165) is 19.0 Å². The molecule has 2 unspecified atom stereocenters. The third-order valence-electron chi connectivity index (χ3n) is 4.70. The summed E-state index contributed by atoms with van der Waals surface area (Å²) in [6.45, 7) is 7.58. The molecule has 0 aromatic carbocycles. The van der Waals surface area contributed by atoms with Crippen LogP contribution in [0.5, 0.6) is 0 Å². The van der Waals surface area contributed by atoms with Gasteiger partial charge in [-0.15, -0.1) is 0 Å². The highest BCUT2D eigenvalue weighted by molar-refractivity contribution is 5.67. The summed E-state index contributed by atoms with van der Waals surface area (Å²) in [4.78, 5) is 11.8. The number of hydrogen-bond acceptors (Lipinski definition) is 3. The molecule has 0 aromatic rings. The van der Waals surface area contributed by atoms with Gasteiger partial charge in [-0.25, -0.2) is 4.79 Å². The lowest BCUT2D eigenvalue weighted by molar-refractivity contribution is 0.0503. The predicted molar refractivity (Wildman–Crippen MR) is 85.3 cm³/mol. The van der Waals surface area contributed by atoms with Crippen LogP contribution in [0.4, 0.5) is 4.79 Å². The fourth-order valence-electron chi connectivity index (χ4n) is 3.78. The molecule has 4 heteroatoms. The van der Waals surface area contributed by atoms with E-state index in [0.29, 0.717) is 12.0 Å². The molecule has 1 heterocycles. The van der Waals surface area contributed by atoms with Crippen LogP contribution in [-0.2, 0) is 4.74 Å². The van der Waals surface area contributed by atoms with Gasteiger partial charge in [0.05, 0.1) is 0 Å². The van der Waals surface area contributed by atoms with Crippen molar-refractivity contribution in [3.05, 3.63) is 0 Å². The highest BCUT2D eigenvalue weighted by Crippen LogP contribution is 2.32. The van der Waals surface area contributed by atoms with Crippen LogP contribution in [0.25, 0.3) is 0 Å². The molecule has 0 radical (unpaired) electrons. The van der Waals surface area contributed by atoms with E-state index in [9.17, 15) is 4.79 Å². The summed E-state index contributed by atoms with van der Waals surface area (Å²) in [6.07, 6.45) is 8.97. The molecule has 2 fully saturated rings. The first-order chi connectivity index (χ1) is 9.96. The lowest BCUT2D eigenvalue weighted by Gasteiger charge is -2.40. The molecule has 2 N–H and O–H groups in total. The van der Waals surface area contributed by atoms with Gasteiger partial charge in [0.1, 0.15) is 5.60 Å². The van der Waals surface area contributed by atoms with Gasteiger partial charge in [0.25, 0.3) is 0 Å². The van der Waals surface area contributed by atoms with Gasteiger partial charge in [-0.2, -0.15) is 0 Å². The van der Waals surface area contributed by atoms with Crippen LogP contribution in [0.15, 0.2) is 0 Å². The number of amides is 1. The van der Waals surface area contributed by atoms with Crippen LogP contribution >= 0.6 is 0 Å². The van der Waals surface area contributed by atoms with Crippen molar-refractivity contribution in [1.29, 1.82) is 0 Å². The van der Waals surface area contributed by atoms with Crippen LogP contribution in [-0.4, -0.2) is 30.8 Å². The first kappa shape index (κ1) is 16.6. The van der Waals surface area contributed by atoms with Crippen molar-refractivity contribution in [2.24, 2.45) is 11.8 Å². The Labute approximate surface area is 129 Å². The predicted octanol–water partition coefficient (Wildman–Crippen LogP) is 3.46. The van der Waals surface area contributed by atoms with E-state index in [2.05, 4.69) is 10.6 Å². The first-order valence-corrected chi connectivity index (χ1v) is 8.66. The van der Waals surface area contributed by atoms with Crippen LogP contribution in [0.3, 0.4) is 0 Å². The summed E-state index contributed by atoms with van der Waals surface area (Å²) in [5.74, 6) is 1.35. The molecule has 1 saturated heterocycles. The third-order valence-corrected chi connectivity index (χ3v) is 4.70. The fraction of sp³-hybridized carbons (Fsp3) is 0.941. The van der Waals surface area contributed by atoms with E-state index in [4.69, 9.17) is 4.74 Å². The number of piperidine rings is 1. The minimum Gasteiger partial charge on any atom is -0.444 e. The smallest absolute Gasteiger partial charge is 0.407 e. The van der Waals surface area contributed by atoms with Crippen molar-refractivity contribution in [3.63, 3.8) is 0 Å². The molecule has 1 aliphatic carbocycles. The average molecular weight is 296 g/mol. The maximum atomic E-state index is 11.8. The zero-order valence-electron chi connectivity index (χ0n) is 13.9. The zero-order valence-corrected chi connectivity index (χ0v) is 13.9. The Balaban J connectivity index is 1.82. The van der Waals surface area contributed by atoms with Crippen molar-refractivity contribution in [3.8, 4) is 0 Å². The molecule has 2 aliphatic rings. The highest BCUT2D eigenvalue weighted by Gasteiger charge is 2.32. The molecule has 1 aliphatic heterocycles. The number of rotatable bonds is 3. The normalized spacial score (nSPS) is 28.1. The second-order valence-corrected chi connectivity index (χ2v) is 7.66. The van der Waals surface area contributed by atoms with Crippen LogP contribution < -0.4 is 10.6 Å². The third kappa shape index (κ3) is 5.50. The minimum absolute atomic E-state index is 0.282. The number of ether oxygens (including phenoxy) is 1. The molecule has 21 heavy (non-hydrogen) atoms. The van der Waals surface area contributed by atoms with E-state index in [1.165, 1.54) is 44.9 Å². The second-order valence-electron chi connectivity index (χ2n) is 7.66. The topological polar surface area (TPSA) is 50.4 Å². The van der Waals surface area contributed by atoms with Crippen LogP contribution in [0, 0.1) is 11.8 Å². The van der Waals surface area contributed by atoms with Crippen LogP contribution in [0.1, 0.15) is 65.7 Å². The van der Waals surface area contributed by atoms with E-state index in [1.807, 2.05) is 20.8 Å². The minimum atomic E-state index is -0.419. The Kier molecular flexibility index (Phi) is 5.91. The summed E-state index contributed by atoms with van der Waals surface area (Å²) in [6, 6.07) is 0.578. The molecule has 4 nitrogen and oxygen atoms in total. The number of alkyl carbamates (subject to hydrolysis) is 1. The number of hydrogen-bond donors (Lipinski definition) is 2. The van der Waals surface area contributed by atoms with Gasteiger partial charge in [-0.1, -0.05) is 19.3 Å². The SMILES string of the molecule is CC(C)(C)OC(=O)NCC1CCCNC1C1CCCCC1. The fourth-order valence-corrected chi connectivity index (χ4v) is 3.78. The molecule has 1 amide bonds. The summed E-state index contributed by atoms with van der Waals surface area (Å²) in [7, 11) is 0. The van der Waals surface area contributed by atoms with Crippen molar-refractivity contribution in [2.75, 3.05) is 13.1 Å². The Bertz CT molecular complexity index is 332. The van der Waals surface area contributed by atoms with Gasteiger partial charge in [0.15, 0.2) is 0 Å². The molecule has 122 valence electrons. The summed E-state index contributed by atoms with van der Waals surface area (Å²) in [5.41, 5.74) is -0.419. The van der Waals surface area contributed by atoms with E-state index >= 15 is 0 Å². The summed E-state index contributed by atoms with van der Waals surface area (Å²) < 4.78 is 5.34. The maximum absolute atomic E-state index is 11.8. The monoisotopic (exact) mass is 296 g/mol. The molecule has 2 atom stereocenters. The summed E-state index contributed by atoms with van der Waals surface area (Å²) in [5, 5.41) is 6.70. The number of carbonyl (C=O) groups excluding carboxylic acids is 1.